The zero-order valence-corrected chi connectivity index (χ0v) is 12.4. The second kappa shape index (κ2) is 6.13. The van der Waals surface area contributed by atoms with Crippen LogP contribution in [0.4, 0.5) is 5.69 Å². The number of likely N-dealkylation sites (tertiary alicyclic amines) is 1. The van der Waals surface area contributed by atoms with E-state index in [1.807, 2.05) is 7.05 Å². The maximum atomic E-state index is 12.5. The van der Waals surface area contributed by atoms with E-state index in [2.05, 4.69) is 11.9 Å². The van der Waals surface area contributed by atoms with Crippen LogP contribution in [0.3, 0.4) is 0 Å². The molecule has 1 aliphatic heterocycles. The number of methoxy groups -OCH3 is 1. The first-order chi connectivity index (χ1) is 9.51. The van der Waals surface area contributed by atoms with Gasteiger partial charge >= 0.3 is 0 Å². The number of nitrogens with two attached hydrogens (primary N) is 1. The Labute approximate surface area is 120 Å². The Morgan fingerprint density at radius 2 is 2.30 bits per heavy atom. The summed E-state index contributed by atoms with van der Waals surface area (Å²) in [6, 6.07) is 5.15. The fourth-order valence-electron chi connectivity index (χ4n) is 2.74. The minimum Gasteiger partial charge on any atom is -0.496 e. The number of hydrogen-bond acceptors (Lipinski definition) is 4. The molecule has 1 unspecified atom stereocenters. The lowest BCUT2D eigenvalue weighted by Gasteiger charge is -2.22. The molecule has 0 aromatic heterocycles. The molecule has 1 saturated heterocycles. The molecule has 0 radical (unpaired) electrons. The highest BCUT2D eigenvalue weighted by Crippen LogP contribution is 2.23. The van der Waals surface area contributed by atoms with Crippen LogP contribution in [0, 0.1) is 5.92 Å². The van der Waals surface area contributed by atoms with Gasteiger partial charge in [-0.3, -0.25) is 4.79 Å². The molecule has 5 nitrogen and oxygen atoms in total. The van der Waals surface area contributed by atoms with E-state index in [1.54, 1.807) is 30.2 Å². The lowest BCUT2D eigenvalue weighted by atomic mass is 10.1. The number of carbonyl (C=O) groups is 1. The Morgan fingerprint density at radius 1 is 1.55 bits per heavy atom. The summed E-state index contributed by atoms with van der Waals surface area (Å²) in [7, 11) is 5.51. The van der Waals surface area contributed by atoms with Crippen LogP contribution in [0.15, 0.2) is 18.2 Å². The summed E-state index contributed by atoms with van der Waals surface area (Å²) in [6.45, 7) is 2.92. The molecule has 1 amide bonds. The first kappa shape index (κ1) is 14.7. The van der Waals surface area contributed by atoms with Crippen LogP contribution in [0.1, 0.15) is 16.8 Å². The molecule has 1 heterocycles. The number of ether oxygens (including phenoxy) is 1. The summed E-state index contributed by atoms with van der Waals surface area (Å²) in [5.41, 5.74) is 6.87. The predicted molar refractivity (Wildman–Crippen MR) is 80.0 cm³/mol. The molecule has 1 aliphatic rings. The van der Waals surface area contributed by atoms with Gasteiger partial charge in [-0.1, -0.05) is 0 Å². The molecule has 2 rings (SSSR count). The third-order valence-corrected chi connectivity index (χ3v) is 3.82. The van der Waals surface area contributed by atoms with E-state index in [9.17, 15) is 4.79 Å². The maximum absolute atomic E-state index is 12.5. The van der Waals surface area contributed by atoms with Crippen LogP contribution in [0.2, 0.25) is 0 Å². The molecule has 0 aliphatic carbocycles. The number of carbonyl (C=O) groups excluding carboxylic acids is 1. The molecule has 0 spiro atoms. The summed E-state index contributed by atoms with van der Waals surface area (Å²) in [5, 5.41) is 0. The van der Waals surface area contributed by atoms with Crippen molar-refractivity contribution in [2.45, 2.75) is 6.42 Å². The fourth-order valence-corrected chi connectivity index (χ4v) is 2.74. The third kappa shape index (κ3) is 3.22. The van der Waals surface area contributed by atoms with E-state index < -0.39 is 0 Å². The van der Waals surface area contributed by atoms with Gasteiger partial charge in [0.05, 0.1) is 12.7 Å². The largest absolute Gasteiger partial charge is 0.496 e. The molecule has 110 valence electrons. The second-order valence-electron chi connectivity index (χ2n) is 5.56. The molecule has 0 bridgehead atoms. The van der Waals surface area contributed by atoms with Crippen molar-refractivity contribution >= 4 is 11.6 Å². The molecule has 1 aromatic carbocycles. The van der Waals surface area contributed by atoms with E-state index in [0.29, 0.717) is 22.9 Å². The van der Waals surface area contributed by atoms with Crippen molar-refractivity contribution in [1.29, 1.82) is 0 Å². The Bertz CT molecular complexity index is 490. The first-order valence-corrected chi connectivity index (χ1v) is 6.88. The van der Waals surface area contributed by atoms with Gasteiger partial charge in [0, 0.05) is 25.8 Å². The average molecular weight is 277 g/mol. The second-order valence-corrected chi connectivity index (χ2v) is 5.56. The first-order valence-electron chi connectivity index (χ1n) is 6.88. The van der Waals surface area contributed by atoms with E-state index in [4.69, 9.17) is 10.5 Å². The molecule has 0 saturated carbocycles. The van der Waals surface area contributed by atoms with Crippen LogP contribution in [-0.4, -0.2) is 56.5 Å². The zero-order valence-electron chi connectivity index (χ0n) is 12.4. The van der Waals surface area contributed by atoms with Gasteiger partial charge in [0.15, 0.2) is 0 Å². The Morgan fingerprint density at radius 3 is 2.90 bits per heavy atom. The standard InChI is InChI=1S/C15H23N3O2/c1-17-7-6-11(9-17)10-18(2)15(19)13-8-12(16)4-5-14(13)20-3/h4-5,8,11H,6-7,9-10,16H2,1-3H3. The van der Waals surface area contributed by atoms with E-state index in [1.165, 1.54) is 0 Å². The lowest BCUT2D eigenvalue weighted by Crippen LogP contribution is -2.33. The zero-order chi connectivity index (χ0) is 14.7. The highest BCUT2D eigenvalue weighted by molar-refractivity contribution is 5.97. The lowest BCUT2D eigenvalue weighted by molar-refractivity contribution is 0.0770. The van der Waals surface area contributed by atoms with Gasteiger partial charge in [-0.15, -0.1) is 0 Å². The Balaban J connectivity index is 2.08. The van der Waals surface area contributed by atoms with Crippen molar-refractivity contribution in [3.05, 3.63) is 23.8 Å². The van der Waals surface area contributed by atoms with E-state index in [-0.39, 0.29) is 5.91 Å². The van der Waals surface area contributed by atoms with Crippen molar-refractivity contribution in [2.75, 3.05) is 46.6 Å². The number of anilines is 1. The van der Waals surface area contributed by atoms with Gasteiger partial charge < -0.3 is 20.3 Å². The SMILES string of the molecule is COc1ccc(N)cc1C(=O)N(C)CC1CCN(C)C1. The van der Waals surface area contributed by atoms with Crippen LogP contribution < -0.4 is 10.5 Å². The molecular formula is C15H23N3O2. The number of benzene rings is 1. The van der Waals surface area contributed by atoms with E-state index >= 15 is 0 Å². The molecule has 20 heavy (non-hydrogen) atoms. The summed E-state index contributed by atoms with van der Waals surface area (Å²) < 4.78 is 5.25. The van der Waals surface area contributed by atoms with Crippen LogP contribution >= 0.6 is 0 Å². The fraction of sp³-hybridized carbons (Fsp3) is 0.533. The van der Waals surface area contributed by atoms with E-state index in [0.717, 1.165) is 26.1 Å². The smallest absolute Gasteiger partial charge is 0.257 e. The minimum absolute atomic E-state index is 0.0382. The molecule has 1 aromatic rings. The monoisotopic (exact) mass is 277 g/mol. The Hall–Kier alpha value is -1.75. The van der Waals surface area contributed by atoms with Gasteiger partial charge in [0.25, 0.3) is 5.91 Å². The van der Waals surface area contributed by atoms with Crippen molar-refractivity contribution < 1.29 is 9.53 Å². The number of hydrogen-bond donors (Lipinski definition) is 1. The van der Waals surface area contributed by atoms with Crippen molar-refractivity contribution in [2.24, 2.45) is 5.92 Å². The van der Waals surface area contributed by atoms with Gasteiger partial charge in [0.1, 0.15) is 5.75 Å². The molecule has 1 fully saturated rings. The highest BCUT2D eigenvalue weighted by atomic mass is 16.5. The quantitative estimate of drug-likeness (QED) is 0.843. The summed E-state index contributed by atoms with van der Waals surface area (Å²) in [4.78, 5) is 16.6. The van der Waals surface area contributed by atoms with Crippen LogP contribution in [0.5, 0.6) is 5.75 Å². The third-order valence-electron chi connectivity index (χ3n) is 3.82. The number of nitrogen functional groups attached to an aromatic ring is 1. The number of rotatable bonds is 4. The van der Waals surface area contributed by atoms with Crippen molar-refractivity contribution in [3.63, 3.8) is 0 Å². The maximum Gasteiger partial charge on any atom is 0.257 e. The highest BCUT2D eigenvalue weighted by Gasteiger charge is 2.24. The Kier molecular flexibility index (Phi) is 4.49. The van der Waals surface area contributed by atoms with Crippen LogP contribution in [0.25, 0.3) is 0 Å². The summed E-state index contributed by atoms with van der Waals surface area (Å²) in [6.07, 6.45) is 1.14. The minimum atomic E-state index is -0.0382. The molecular weight excluding hydrogens is 254 g/mol. The van der Waals surface area contributed by atoms with Gasteiger partial charge in [0.2, 0.25) is 0 Å². The van der Waals surface area contributed by atoms with Crippen molar-refractivity contribution in [1.82, 2.24) is 9.80 Å². The summed E-state index contributed by atoms with van der Waals surface area (Å²) in [5.74, 6) is 1.07. The van der Waals surface area contributed by atoms with Crippen molar-refractivity contribution in [3.8, 4) is 5.75 Å². The normalized spacial score (nSPS) is 19.1. The van der Waals surface area contributed by atoms with Crippen LogP contribution in [-0.2, 0) is 0 Å². The molecule has 5 heteroatoms. The number of amides is 1. The number of nitrogens with zero attached hydrogens (tertiary/aromatic N) is 2. The topological polar surface area (TPSA) is 58.8 Å². The summed E-state index contributed by atoms with van der Waals surface area (Å²) >= 11 is 0. The predicted octanol–water partition coefficient (Wildman–Crippen LogP) is 1.30. The van der Waals surface area contributed by atoms with Gasteiger partial charge in [-0.05, 0) is 44.1 Å². The van der Waals surface area contributed by atoms with Gasteiger partial charge in [-0.25, -0.2) is 0 Å². The van der Waals surface area contributed by atoms with Gasteiger partial charge in [-0.2, -0.15) is 0 Å². The molecule has 2 N–H and O–H groups in total. The molecule has 1 atom stereocenters. The average Bonchev–Trinajstić information content (AvgIpc) is 2.83.